The Balaban J connectivity index is 2.42. The summed E-state index contributed by atoms with van der Waals surface area (Å²) in [5, 5.41) is 35.5. The fraction of sp³-hybridized carbons (Fsp3) is 0.143. The van der Waals surface area contributed by atoms with Gasteiger partial charge in [-0.15, -0.1) is 0 Å². The highest BCUT2D eigenvalue weighted by Gasteiger charge is 2.44. The number of benzene rings is 2. The van der Waals surface area contributed by atoms with Gasteiger partial charge in [0.15, 0.2) is 5.69 Å². The third-order valence-corrected chi connectivity index (χ3v) is 3.32. The van der Waals surface area contributed by atoms with Crippen LogP contribution < -0.4 is 10.1 Å². The van der Waals surface area contributed by atoms with E-state index in [4.69, 9.17) is 0 Å². The van der Waals surface area contributed by atoms with Gasteiger partial charge in [-0.25, -0.2) is 0 Å². The second kappa shape index (κ2) is 7.91. The molecule has 2 aromatic rings. The summed E-state index contributed by atoms with van der Waals surface area (Å²) in [4.78, 5) is 30.0. The minimum absolute atomic E-state index is 0.113. The molecule has 0 atom stereocenters. The maximum Gasteiger partial charge on any atom is 0.461 e. The van der Waals surface area contributed by atoms with E-state index >= 15 is 0 Å². The quantitative estimate of drug-likeness (QED) is 0.375. The summed E-state index contributed by atoms with van der Waals surface area (Å²) in [5.41, 5.74) is -3.70. The van der Waals surface area contributed by atoms with E-state index in [1.807, 2.05) is 0 Å². The number of non-ortho nitro benzene ring substituents is 1. The minimum atomic E-state index is -4.76. The van der Waals surface area contributed by atoms with Crippen molar-refractivity contribution in [3.63, 3.8) is 0 Å². The van der Waals surface area contributed by atoms with Crippen molar-refractivity contribution in [3.8, 4) is 5.75 Å². The van der Waals surface area contributed by atoms with Gasteiger partial charge in [-0.1, -0.05) is 0 Å². The first-order valence-electron chi connectivity index (χ1n) is 7.25. The molecule has 0 saturated carbocycles. The number of nitro benzene ring substituents is 3. The molecule has 0 amide bonds. The highest BCUT2D eigenvalue weighted by molar-refractivity contribution is 5.81. The first kappa shape index (κ1) is 21.3. The summed E-state index contributed by atoms with van der Waals surface area (Å²) in [6.07, 6.45) is -8.85. The number of rotatable bonds is 8. The van der Waals surface area contributed by atoms with Gasteiger partial charge in [0.05, 0.1) is 26.9 Å². The molecule has 0 aromatic heterocycles. The van der Waals surface area contributed by atoms with Gasteiger partial charge in [-0.2, -0.15) is 17.6 Å². The van der Waals surface area contributed by atoms with E-state index in [0.29, 0.717) is 12.1 Å². The average molecular weight is 420 g/mol. The maximum absolute atomic E-state index is 12.9. The molecule has 0 saturated heterocycles. The zero-order valence-electron chi connectivity index (χ0n) is 13.8. The minimum Gasteiger partial charge on any atom is -0.428 e. The van der Waals surface area contributed by atoms with E-state index in [0.717, 1.165) is 24.3 Å². The van der Waals surface area contributed by atoms with Crippen LogP contribution in [0.1, 0.15) is 0 Å². The maximum atomic E-state index is 12.9. The molecule has 154 valence electrons. The molecule has 0 spiro atoms. The SMILES string of the molecule is O=[N+]([O-])c1cc([N+](=O)[O-])c(Nc2ccc(OC(F)(F)C(F)F)cc2)c([N+](=O)[O-])c1. The Hall–Kier alpha value is -4.04. The highest BCUT2D eigenvalue weighted by Crippen LogP contribution is 2.40. The molecule has 15 heteroatoms. The molecule has 2 aromatic carbocycles. The second-order valence-electron chi connectivity index (χ2n) is 5.24. The number of nitrogens with one attached hydrogen (secondary N) is 1. The van der Waals surface area contributed by atoms with E-state index < -0.39 is 55.8 Å². The van der Waals surface area contributed by atoms with E-state index in [9.17, 15) is 47.9 Å². The fourth-order valence-corrected chi connectivity index (χ4v) is 2.07. The third-order valence-electron chi connectivity index (χ3n) is 3.32. The monoisotopic (exact) mass is 420 g/mol. The number of hydrogen-bond donors (Lipinski definition) is 1. The van der Waals surface area contributed by atoms with Gasteiger partial charge in [-0.3, -0.25) is 30.3 Å². The van der Waals surface area contributed by atoms with E-state index in [1.165, 1.54) is 0 Å². The van der Waals surface area contributed by atoms with Crippen LogP contribution in [0.3, 0.4) is 0 Å². The Morgan fingerprint density at radius 2 is 1.38 bits per heavy atom. The van der Waals surface area contributed by atoms with Crippen LogP contribution in [0.2, 0.25) is 0 Å². The summed E-state index contributed by atoms with van der Waals surface area (Å²) in [7, 11) is 0. The van der Waals surface area contributed by atoms with Gasteiger partial charge in [-0.05, 0) is 24.3 Å². The van der Waals surface area contributed by atoms with Crippen LogP contribution in [0.4, 0.5) is 46.0 Å². The second-order valence-corrected chi connectivity index (χ2v) is 5.24. The van der Waals surface area contributed by atoms with Crippen LogP contribution in [0.25, 0.3) is 0 Å². The van der Waals surface area contributed by atoms with Gasteiger partial charge in [0.1, 0.15) is 5.75 Å². The smallest absolute Gasteiger partial charge is 0.428 e. The molecule has 0 aliphatic heterocycles. The van der Waals surface area contributed by atoms with E-state index in [2.05, 4.69) is 10.1 Å². The Kier molecular flexibility index (Phi) is 5.80. The van der Waals surface area contributed by atoms with Gasteiger partial charge >= 0.3 is 23.9 Å². The number of anilines is 2. The molecule has 0 aliphatic carbocycles. The van der Waals surface area contributed by atoms with Crippen molar-refractivity contribution in [3.05, 3.63) is 66.7 Å². The number of halogens is 4. The number of nitrogens with zero attached hydrogens (tertiary/aromatic N) is 3. The van der Waals surface area contributed by atoms with Crippen molar-refractivity contribution < 1.29 is 37.1 Å². The standard InChI is InChI=1S/C14H8F4N4O7/c15-13(16)14(17,18)29-9-3-1-7(2-4-9)19-12-10(21(25)26)5-8(20(23)24)6-11(12)22(27)28/h1-6,13,19H. The lowest BCUT2D eigenvalue weighted by molar-refractivity contribution is -0.401. The lowest BCUT2D eigenvalue weighted by Crippen LogP contribution is -2.33. The molecule has 0 aliphatic rings. The number of nitro groups is 3. The molecule has 0 bridgehead atoms. The topological polar surface area (TPSA) is 151 Å². The molecule has 29 heavy (non-hydrogen) atoms. The van der Waals surface area contributed by atoms with E-state index in [-0.39, 0.29) is 5.69 Å². The summed E-state index contributed by atoms with van der Waals surface area (Å²) < 4.78 is 53.8. The van der Waals surface area contributed by atoms with Crippen molar-refractivity contribution in [1.29, 1.82) is 0 Å². The number of alkyl halides is 4. The zero-order valence-corrected chi connectivity index (χ0v) is 13.8. The number of ether oxygens (including phenoxy) is 1. The summed E-state index contributed by atoms with van der Waals surface area (Å²) in [5.74, 6) is -0.673. The van der Waals surface area contributed by atoms with Gasteiger partial charge in [0, 0.05) is 5.69 Å². The predicted octanol–water partition coefficient (Wildman–Crippen LogP) is 4.39. The highest BCUT2D eigenvalue weighted by atomic mass is 19.3. The van der Waals surface area contributed by atoms with Crippen LogP contribution >= 0.6 is 0 Å². The summed E-state index contributed by atoms with van der Waals surface area (Å²) >= 11 is 0. The van der Waals surface area contributed by atoms with Crippen molar-refractivity contribution in [2.24, 2.45) is 0 Å². The molecule has 0 fully saturated rings. The van der Waals surface area contributed by atoms with E-state index in [1.54, 1.807) is 0 Å². The Bertz CT molecular complexity index is 934. The van der Waals surface area contributed by atoms with Gasteiger partial charge < -0.3 is 10.1 Å². The normalized spacial score (nSPS) is 11.2. The lowest BCUT2D eigenvalue weighted by Gasteiger charge is -2.17. The molecule has 0 unspecified atom stereocenters. The van der Waals surface area contributed by atoms with Crippen LogP contribution in [0.5, 0.6) is 5.75 Å². The first-order chi connectivity index (χ1) is 13.4. The lowest BCUT2D eigenvalue weighted by atomic mass is 10.2. The molecular weight excluding hydrogens is 412 g/mol. The molecular formula is C14H8F4N4O7. The molecule has 11 nitrogen and oxygen atoms in total. The average Bonchev–Trinajstić information content (AvgIpc) is 2.62. The Morgan fingerprint density at radius 3 is 1.76 bits per heavy atom. The molecule has 1 N–H and O–H groups in total. The summed E-state index contributed by atoms with van der Waals surface area (Å²) in [6.45, 7) is 0. The first-order valence-corrected chi connectivity index (χ1v) is 7.25. The van der Waals surface area contributed by atoms with Gasteiger partial charge in [0.2, 0.25) is 0 Å². The zero-order chi connectivity index (χ0) is 21.9. The van der Waals surface area contributed by atoms with Crippen LogP contribution in [0, 0.1) is 30.3 Å². The molecule has 0 heterocycles. The van der Waals surface area contributed by atoms with Crippen LogP contribution in [-0.4, -0.2) is 27.3 Å². The molecule has 2 rings (SSSR count). The van der Waals surface area contributed by atoms with Crippen LogP contribution in [-0.2, 0) is 0 Å². The van der Waals surface area contributed by atoms with Gasteiger partial charge in [0.25, 0.3) is 5.69 Å². The summed E-state index contributed by atoms with van der Waals surface area (Å²) in [6, 6.07) is 4.53. The van der Waals surface area contributed by atoms with Crippen molar-refractivity contribution >= 4 is 28.4 Å². The Labute approximate surface area is 157 Å². The van der Waals surface area contributed by atoms with Crippen molar-refractivity contribution in [1.82, 2.24) is 0 Å². The number of hydrogen-bond acceptors (Lipinski definition) is 8. The fourth-order valence-electron chi connectivity index (χ4n) is 2.07. The Morgan fingerprint density at radius 1 is 0.897 bits per heavy atom. The largest absolute Gasteiger partial charge is 0.461 e. The van der Waals surface area contributed by atoms with Crippen molar-refractivity contribution in [2.45, 2.75) is 12.5 Å². The predicted molar refractivity (Wildman–Crippen MR) is 87.7 cm³/mol. The van der Waals surface area contributed by atoms with Crippen LogP contribution in [0.15, 0.2) is 36.4 Å². The molecule has 0 radical (unpaired) electrons. The van der Waals surface area contributed by atoms with Crippen molar-refractivity contribution in [2.75, 3.05) is 5.32 Å². The third kappa shape index (κ3) is 4.82.